The molecule has 25 heavy (non-hydrogen) atoms. The van der Waals surface area contributed by atoms with Crippen molar-refractivity contribution in [1.29, 1.82) is 0 Å². The van der Waals surface area contributed by atoms with Gasteiger partial charge >= 0.3 is 0 Å². The van der Waals surface area contributed by atoms with E-state index in [0.717, 1.165) is 11.1 Å². The highest BCUT2D eigenvalue weighted by Crippen LogP contribution is 2.54. The van der Waals surface area contributed by atoms with Crippen LogP contribution in [0.2, 0.25) is 0 Å². The van der Waals surface area contributed by atoms with E-state index < -0.39 is 5.91 Å². The van der Waals surface area contributed by atoms with Crippen molar-refractivity contribution in [3.8, 4) is 0 Å². The highest BCUT2D eigenvalue weighted by Gasteiger charge is 2.42. The summed E-state index contributed by atoms with van der Waals surface area (Å²) in [7, 11) is 0. The first-order valence-electron chi connectivity index (χ1n) is 8.16. The maximum atomic E-state index is 11.4. The van der Waals surface area contributed by atoms with Crippen LogP contribution in [0.5, 0.6) is 0 Å². The maximum absolute atomic E-state index is 11.4. The van der Waals surface area contributed by atoms with Gasteiger partial charge in [0.05, 0.1) is 0 Å². The van der Waals surface area contributed by atoms with E-state index in [-0.39, 0.29) is 12.2 Å². The number of hydrogen-bond donors (Lipinski definition) is 1. The SMILES string of the molecule is NC(=O)c1ccc2c(c1)C1OC2c2cc(Sc3ccccc3)ccc21. The van der Waals surface area contributed by atoms with Crippen LogP contribution in [-0.2, 0) is 4.74 Å². The molecule has 2 atom stereocenters. The number of benzene rings is 3. The second kappa shape index (κ2) is 5.48. The smallest absolute Gasteiger partial charge is 0.248 e. The summed E-state index contributed by atoms with van der Waals surface area (Å²) >= 11 is 1.75. The molecule has 0 spiro atoms. The molecule has 0 fully saturated rings. The number of nitrogens with two attached hydrogens (primary N) is 1. The zero-order valence-corrected chi connectivity index (χ0v) is 14.1. The molecule has 1 amide bonds. The van der Waals surface area contributed by atoms with Crippen molar-refractivity contribution in [2.75, 3.05) is 0 Å². The van der Waals surface area contributed by atoms with E-state index >= 15 is 0 Å². The molecule has 0 radical (unpaired) electrons. The summed E-state index contributed by atoms with van der Waals surface area (Å²) in [4.78, 5) is 13.9. The monoisotopic (exact) mass is 345 g/mol. The Balaban J connectivity index is 1.52. The lowest BCUT2D eigenvalue weighted by molar-refractivity contribution is 0.0857. The largest absolute Gasteiger partial charge is 0.366 e. The molecule has 0 saturated carbocycles. The Kier molecular flexibility index (Phi) is 3.23. The number of fused-ring (bicyclic) bond motifs is 8. The van der Waals surface area contributed by atoms with Crippen LogP contribution in [-0.4, -0.2) is 5.91 Å². The van der Waals surface area contributed by atoms with Gasteiger partial charge in [0, 0.05) is 15.4 Å². The topological polar surface area (TPSA) is 52.3 Å². The Bertz CT molecular complexity index is 1000. The summed E-state index contributed by atoms with van der Waals surface area (Å²) in [6.45, 7) is 0. The quantitative estimate of drug-likeness (QED) is 0.762. The van der Waals surface area contributed by atoms with Crippen molar-refractivity contribution < 1.29 is 9.53 Å². The van der Waals surface area contributed by atoms with Crippen LogP contribution in [0, 0.1) is 0 Å². The minimum atomic E-state index is -0.402. The first-order valence-corrected chi connectivity index (χ1v) is 8.98. The zero-order chi connectivity index (χ0) is 17.0. The van der Waals surface area contributed by atoms with E-state index in [9.17, 15) is 4.79 Å². The predicted octanol–water partition coefficient (Wildman–Crippen LogP) is 4.46. The van der Waals surface area contributed by atoms with Crippen molar-refractivity contribution in [3.05, 3.63) is 94.5 Å². The third kappa shape index (κ3) is 2.29. The van der Waals surface area contributed by atoms with E-state index in [1.54, 1.807) is 17.8 Å². The van der Waals surface area contributed by atoms with Crippen molar-refractivity contribution in [1.82, 2.24) is 0 Å². The molecule has 3 aromatic carbocycles. The van der Waals surface area contributed by atoms with E-state index in [0.29, 0.717) is 5.56 Å². The van der Waals surface area contributed by atoms with Gasteiger partial charge in [0.25, 0.3) is 0 Å². The Morgan fingerprint density at radius 3 is 2.20 bits per heavy atom. The second-order valence-electron chi connectivity index (χ2n) is 6.31. The third-order valence-corrected chi connectivity index (χ3v) is 5.81. The van der Waals surface area contributed by atoms with Crippen LogP contribution in [0.3, 0.4) is 0 Å². The fraction of sp³-hybridized carbons (Fsp3) is 0.0952. The molecule has 0 aliphatic carbocycles. The van der Waals surface area contributed by atoms with Crippen LogP contribution < -0.4 is 5.73 Å². The second-order valence-corrected chi connectivity index (χ2v) is 7.46. The van der Waals surface area contributed by atoms with E-state index in [4.69, 9.17) is 10.5 Å². The van der Waals surface area contributed by atoms with Gasteiger partial charge in [-0.3, -0.25) is 4.79 Å². The van der Waals surface area contributed by atoms with E-state index in [2.05, 4.69) is 30.3 Å². The molecular weight excluding hydrogens is 330 g/mol. The summed E-state index contributed by atoms with van der Waals surface area (Å²) in [5, 5.41) is 0. The van der Waals surface area contributed by atoms with Gasteiger partial charge in [-0.25, -0.2) is 0 Å². The van der Waals surface area contributed by atoms with Gasteiger partial charge in [-0.2, -0.15) is 0 Å². The molecule has 2 N–H and O–H groups in total. The highest BCUT2D eigenvalue weighted by molar-refractivity contribution is 7.99. The predicted molar refractivity (Wildman–Crippen MR) is 96.7 cm³/mol. The number of amides is 1. The Morgan fingerprint density at radius 2 is 1.48 bits per heavy atom. The molecule has 122 valence electrons. The third-order valence-electron chi connectivity index (χ3n) is 4.81. The molecule has 3 nitrogen and oxygen atoms in total. The zero-order valence-electron chi connectivity index (χ0n) is 13.3. The minimum absolute atomic E-state index is 0.0479. The van der Waals surface area contributed by atoms with Gasteiger partial charge in [0.2, 0.25) is 5.91 Å². The fourth-order valence-electron chi connectivity index (χ4n) is 3.66. The summed E-state index contributed by atoms with van der Waals surface area (Å²) < 4.78 is 6.19. The number of carbonyl (C=O) groups is 1. The van der Waals surface area contributed by atoms with Gasteiger partial charge in [-0.1, -0.05) is 42.1 Å². The molecule has 2 aliphatic rings. The number of rotatable bonds is 3. The highest BCUT2D eigenvalue weighted by atomic mass is 32.2. The van der Waals surface area contributed by atoms with Crippen LogP contribution in [0.15, 0.2) is 76.5 Å². The summed E-state index contributed by atoms with van der Waals surface area (Å²) in [5.74, 6) is -0.402. The molecule has 0 saturated heterocycles. The lowest BCUT2D eigenvalue weighted by Crippen LogP contribution is -2.12. The van der Waals surface area contributed by atoms with Crippen LogP contribution in [0.4, 0.5) is 0 Å². The Morgan fingerprint density at radius 1 is 0.800 bits per heavy atom. The molecule has 2 heterocycles. The average molecular weight is 345 g/mol. The Hall–Kier alpha value is -2.56. The first kappa shape index (κ1) is 14.8. The molecule has 0 aromatic heterocycles. The van der Waals surface area contributed by atoms with Gasteiger partial charge in [-0.15, -0.1) is 0 Å². The summed E-state index contributed by atoms with van der Waals surface area (Å²) in [5.41, 5.74) is 10.6. The van der Waals surface area contributed by atoms with E-state index in [1.165, 1.54) is 20.9 Å². The first-order chi connectivity index (χ1) is 12.2. The molecule has 2 unspecified atom stereocenters. The number of carbonyl (C=O) groups excluding carboxylic acids is 1. The van der Waals surface area contributed by atoms with Gasteiger partial charge < -0.3 is 10.5 Å². The normalized spacial score (nSPS) is 19.5. The fourth-order valence-corrected chi connectivity index (χ4v) is 4.55. The van der Waals surface area contributed by atoms with Crippen LogP contribution in [0.25, 0.3) is 0 Å². The van der Waals surface area contributed by atoms with Crippen molar-refractivity contribution >= 4 is 17.7 Å². The summed E-state index contributed by atoms with van der Waals surface area (Å²) in [6, 6.07) is 22.5. The molecule has 3 aromatic rings. The number of hydrogen-bond acceptors (Lipinski definition) is 3. The van der Waals surface area contributed by atoms with Crippen molar-refractivity contribution in [3.63, 3.8) is 0 Å². The van der Waals surface area contributed by atoms with Crippen LogP contribution in [0.1, 0.15) is 44.8 Å². The molecule has 2 aliphatic heterocycles. The van der Waals surface area contributed by atoms with Crippen molar-refractivity contribution in [2.24, 2.45) is 5.73 Å². The van der Waals surface area contributed by atoms with Gasteiger partial charge in [0.15, 0.2) is 0 Å². The molecule has 5 rings (SSSR count). The lowest BCUT2D eigenvalue weighted by atomic mass is 9.85. The maximum Gasteiger partial charge on any atom is 0.248 e. The minimum Gasteiger partial charge on any atom is -0.366 e. The van der Waals surface area contributed by atoms with Gasteiger partial charge in [0.1, 0.15) is 12.2 Å². The van der Waals surface area contributed by atoms with Crippen molar-refractivity contribution in [2.45, 2.75) is 22.0 Å². The molecule has 2 bridgehead atoms. The van der Waals surface area contributed by atoms with E-state index in [1.807, 2.05) is 30.3 Å². The standard InChI is InChI=1S/C21H15NO2S/c22-21(23)12-6-8-15-17(10-12)19-16-9-7-14(11-18(16)20(15)24-19)25-13-4-2-1-3-5-13/h1-11,19-20H,(H2,22,23). The molecular formula is C21H15NO2S. The average Bonchev–Trinajstić information content (AvgIpc) is 3.19. The van der Waals surface area contributed by atoms with Crippen LogP contribution >= 0.6 is 11.8 Å². The number of primary amides is 1. The summed E-state index contributed by atoms with van der Waals surface area (Å²) in [6.07, 6.45) is -0.140. The van der Waals surface area contributed by atoms with Gasteiger partial charge in [-0.05, 0) is 58.7 Å². The molecule has 4 heteroatoms. The lowest BCUT2D eigenvalue weighted by Gasteiger charge is -2.17. The number of ether oxygens (including phenoxy) is 1. The Labute approximate surface area is 149 Å².